The van der Waals surface area contributed by atoms with Crippen LogP contribution in [0, 0.1) is 5.82 Å². The molecule has 120 valence electrons. The summed E-state index contributed by atoms with van der Waals surface area (Å²) in [5, 5.41) is 4.68. The zero-order valence-electron chi connectivity index (χ0n) is 12.4. The second kappa shape index (κ2) is 6.27. The van der Waals surface area contributed by atoms with Crippen LogP contribution in [0.2, 0.25) is 0 Å². The monoisotopic (exact) mass is 350 g/mol. The van der Waals surface area contributed by atoms with Crippen LogP contribution in [0.3, 0.4) is 0 Å². The van der Waals surface area contributed by atoms with Crippen molar-refractivity contribution < 1.29 is 12.8 Å². The summed E-state index contributed by atoms with van der Waals surface area (Å²) in [4.78, 5) is 0. The molecule has 4 nitrogen and oxygen atoms in total. The molecule has 3 rings (SSSR count). The van der Waals surface area contributed by atoms with Crippen LogP contribution in [0.5, 0.6) is 0 Å². The van der Waals surface area contributed by atoms with Crippen molar-refractivity contribution in [1.29, 1.82) is 0 Å². The van der Waals surface area contributed by atoms with Gasteiger partial charge in [0.1, 0.15) is 10.0 Å². The van der Waals surface area contributed by atoms with Gasteiger partial charge in [0.05, 0.1) is 5.69 Å². The Kier molecular flexibility index (Phi) is 4.34. The molecule has 0 saturated carbocycles. The Bertz CT molecular complexity index is 915. The Morgan fingerprint density at radius 2 is 2.00 bits per heavy atom. The van der Waals surface area contributed by atoms with E-state index in [-0.39, 0.29) is 9.77 Å². The lowest BCUT2D eigenvalue weighted by atomic mass is 10.1. The molecule has 1 N–H and O–H groups in total. The average molecular weight is 350 g/mol. The summed E-state index contributed by atoms with van der Waals surface area (Å²) in [5.74, 6) is -0.454. The lowest BCUT2D eigenvalue weighted by Crippen LogP contribution is -2.12. The van der Waals surface area contributed by atoms with Crippen LogP contribution < -0.4 is 5.32 Å². The van der Waals surface area contributed by atoms with Gasteiger partial charge in [-0.1, -0.05) is 18.2 Å². The molecular weight excluding hydrogens is 335 g/mol. The molecule has 0 aliphatic rings. The number of aromatic nitrogens is 1. The first-order chi connectivity index (χ1) is 11.0. The Morgan fingerprint density at radius 1 is 1.22 bits per heavy atom. The molecule has 0 saturated heterocycles. The largest absolute Gasteiger partial charge is 0.316 e. The fourth-order valence-electron chi connectivity index (χ4n) is 2.37. The molecule has 1 aromatic carbocycles. The van der Waals surface area contributed by atoms with Gasteiger partial charge in [0.2, 0.25) is 0 Å². The molecule has 0 aliphatic carbocycles. The number of thiophene rings is 1. The molecule has 0 amide bonds. The standard InChI is InChI=1S/C16H15FN2O2S2/c1-18-10-12-9-15(13-5-2-3-6-14(13)17)19(11-12)23(20,21)16-7-4-8-22-16/h2-9,11,18H,10H2,1H3. The molecule has 7 heteroatoms. The first kappa shape index (κ1) is 15.9. The number of halogens is 1. The maximum absolute atomic E-state index is 14.2. The Morgan fingerprint density at radius 3 is 2.65 bits per heavy atom. The van der Waals surface area contributed by atoms with Gasteiger partial charge in [-0.25, -0.2) is 8.36 Å². The molecule has 0 aliphatic heterocycles. The fourth-order valence-corrected chi connectivity index (χ4v) is 4.84. The number of nitrogens with one attached hydrogen (secondary N) is 1. The maximum atomic E-state index is 14.2. The summed E-state index contributed by atoms with van der Waals surface area (Å²) in [6, 6.07) is 11.1. The molecule has 0 unspecified atom stereocenters. The van der Waals surface area contributed by atoms with Gasteiger partial charge in [0, 0.05) is 18.3 Å². The van der Waals surface area contributed by atoms with Gasteiger partial charge in [-0.15, -0.1) is 11.3 Å². The van der Waals surface area contributed by atoms with E-state index in [1.54, 1.807) is 48.8 Å². The second-order valence-electron chi connectivity index (χ2n) is 4.98. The average Bonchev–Trinajstić information content (AvgIpc) is 3.18. The second-order valence-corrected chi connectivity index (χ2v) is 7.97. The van der Waals surface area contributed by atoms with Crippen molar-refractivity contribution in [2.75, 3.05) is 7.05 Å². The highest BCUT2D eigenvalue weighted by atomic mass is 32.2. The van der Waals surface area contributed by atoms with E-state index < -0.39 is 15.8 Å². The highest BCUT2D eigenvalue weighted by Crippen LogP contribution is 2.30. The minimum absolute atomic E-state index is 0.224. The van der Waals surface area contributed by atoms with Crippen LogP contribution in [0.4, 0.5) is 4.39 Å². The summed E-state index contributed by atoms with van der Waals surface area (Å²) in [7, 11) is -1.98. The predicted molar refractivity (Wildman–Crippen MR) is 89.5 cm³/mol. The number of hydrogen-bond acceptors (Lipinski definition) is 4. The van der Waals surface area contributed by atoms with E-state index in [4.69, 9.17) is 0 Å². The van der Waals surface area contributed by atoms with Crippen molar-refractivity contribution in [1.82, 2.24) is 9.29 Å². The third kappa shape index (κ3) is 2.95. The van der Waals surface area contributed by atoms with Crippen LogP contribution in [-0.2, 0) is 16.6 Å². The van der Waals surface area contributed by atoms with Gasteiger partial charge >= 0.3 is 0 Å². The van der Waals surface area contributed by atoms with E-state index >= 15 is 0 Å². The fraction of sp³-hybridized carbons (Fsp3) is 0.125. The summed E-state index contributed by atoms with van der Waals surface area (Å²) in [6.45, 7) is 0.494. The van der Waals surface area contributed by atoms with Crippen LogP contribution >= 0.6 is 11.3 Å². The van der Waals surface area contributed by atoms with Crippen LogP contribution in [0.25, 0.3) is 11.3 Å². The molecule has 0 atom stereocenters. The Hall–Kier alpha value is -1.96. The van der Waals surface area contributed by atoms with Crippen LogP contribution in [0.15, 0.2) is 58.3 Å². The number of benzene rings is 1. The van der Waals surface area contributed by atoms with Gasteiger partial charge < -0.3 is 5.32 Å². The summed E-state index contributed by atoms with van der Waals surface area (Å²) in [6.07, 6.45) is 1.54. The highest BCUT2D eigenvalue weighted by molar-refractivity contribution is 7.92. The van der Waals surface area contributed by atoms with Crippen molar-refractivity contribution in [2.45, 2.75) is 10.8 Å². The minimum Gasteiger partial charge on any atom is -0.316 e. The van der Waals surface area contributed by atoms with E-state index in [9.17, 15) is 12.8 Å². The first-order valence-electron chi connectivity index (χ1n) is 6.94. The summed E-state index contributed by atoms with van der Waals surface area (Å²) < 4.78 is 41.2. The third-order valence-electron chi connectivity index (χ3n) is 3.38. The van der Waals surface area contributed by atoms with Crippen molar-refractivity contribution in [3.8, 4) is 11.3 Å². The normalized spacial score (nSPS) is 11.7. The SMILES string of the molecule is CNCc1cc(-c2ccccc2F)n(S(=O)(=O)c2cccs2)c1. The van der Waals surface area contributed by atoms with E-state index in [1.165, 1.54) is 12.3 Å². The Balaban J connectivity index is 2.22. The first-order valence-corrected chi connectivity index (χ1v) is 9.26. The van der Waals surface area contributed by atoms with E-state index in [2.05, 4.69) is 5.32 Å². The molecule has 0 spiro atoms. The molecule has 3 aromatic rings. The molecule has 0 bridgehead atoms. The van der Waals surface area contributed by atoms with Gasteiger partial charge in [-0.3, -0.25) is 0 Å². The van der Waals surface area contributed by atoms with Gasteiger partial charge in [0.15, 0.2) is 0 Å². The third-order valence-corrected chi connectivity index (χ3v) is 6.43. The summed E-state index contributed by atoms with van der Waals surface area (Å²) >= 11 is 1.14. The van der Waals surface area contributed by atoms with Crippen molar-refractivity contribution in [3.05, 3.63) is 65.4 Å². The zero-order chi connectivity index (χ0) is 16.4. The molecule has 23 heavy (non-hydrogen) atoms. The zero-order valence-corrected chi connectivity index (χ0v) is 14.0. The van der Waals surface area contributed by atoms with Crippen molar-refractivity contribution in [3.63, 3.8) is 0 Å². The van der Waals surface area contributed by atoms with Gasteiger partial charge in [-0.05, 0) is 42.3 Å². The van der Waals surface area contributed by atoms with E-state index in [1.807, 2.05) is 0 Å². The van der Waals surface area contributed by atoms with Gasteiger partial charge in [-0.2, -0.15) is 8.42 Å². The van der Waals surface area contributed by atoms with Crippen molar-refractivity contribution in [2.24, 2.45) is 0 Å². The van der Waals surface area contributed by atoms with Crippen molar-refractivity contribution >= 4 is 21.4 Å². The molecule has 0 radical (unpaired) electrons. The van der Waals surface area contributed by atoms with E-state index in [0.29, 0.717) is 12.2 Å². The lowest BCUT2D eigenvalue weighted by molar-refractivity contribution is 0.589. The smallest absolute Gasteiger partial charge is 0.277 e. The van der Waals surface area contributed by atoms with Crippen LogP contribution in [-0.4, -0.2) is 19.4 Å². The Labute approximate surface area is 138 Å². The minimum atomic E-state index is -3.75. The topological polar surface area (TPSA) is 51.1 Å². The number of hydrogen-bond donors (Lipinski definition) is 1. The van der Waals surface area contributed by atoms with Gasteiger partial charge in [0.25, 0.3) is 10.0 Å². The molecule has 2 heterocycles. The number of rotatable bonds is 5. The molecular formula is C16H15FN2O2S2. The predicted octanol–water partition coefficient (Wildman–Crippen LogP) is 3.31. The van der Waals surface area contributed by atoms with Crippen LogP contribution in [0.1, 0.15) is 5.56 Å². The van der Waals surface area contributed by atoms with E-state index in [0.717, 1.165) is 20.9 Å². The summed E-state index contributed by atoms with van der Waals surface area (Å²) in [5.41, 5.74) is 1.35. The lowest BCUT2D eigenvalue weighted by Gasteiger charge is -2.09. The molecule has 0 fully saturated rings. The quantitative estimate of drug-likeness (QED) is 0.768. The maximum Gasteiger partial charge on any atom is 0.277 e. The highest BCUT2D eigenvalue weighted by Gasteiger charge is 2.23. The molecule has 2 aromatic heterocycles. The number of nitrogens with zero attached hydrogens (tertiary/aromatic N) is 1.